The molecule has 5 heteroatoms. The number of hydrogen-bond acceptors (Lipinski definition) is 2. The molecule has 27 heavy (non-hydrogen) atoms. The number of halogens is 1. The van der Waals surface area contributed by atoms with Gasteiger partial charge in [-0.25, -0.2) is 4.39 Å². The molecule has 0 saturated carbocycles. The smallest absolute Gasteiger partial charge is 0.253 e. The third-order valence-electron chi connectivity index (χ3n) is 5.01. The quantitative estimate of drug-likeness (QED) is 0.893. The van der Waals surface area contributed by atoms with Gasteiger partial charge in [-0.2, -0.15) is 0 Å². The second-order valence-electron chi connectivity index (χ2n) is 7.26. The van der Waals surface area contributed by atoms with E-state index in [0.29, 0.717) is 24.2 Å². The number of aryl methyl sites for hydroxylation is 1. The van der Waals surface area contributed by atoms with E-state index in [1.54, 1.807) is 30.3 Å². The minimum absolute atomic E-state index is 0.0150. The van der Waals surface area contributed by atoms with Crippen LogP contribution in [0, 0.1) is 18.7 Å². The van der Waals surface area contributed by atoms with Crippen molar-refractivity contribution in [3.05, 3.63) is 59.4 Å². The molecule has 0 radical (unpaired) electrons. The van der Waals surface area contributed by atoms with Crippen LogP contribution in [0.3, 0.4) is 0 Å². The number of benzene rings is 2. The van der Waals surface area contributed by atoms with E-state index in [0.717, 1.165) is 30.5 Å². The summed E-state index contributed by atoms with van der Waals surface area (Å²) in [4.78, 5) is 25.8. The highest BCUT2D eigenvalue weighted by atomic mass is 19.1. The zero-order valence-corrected chi connectivity index (χ0v) is 15.8. The van der Waals surface area contributed by atoms with E-state index in [1.165, 1.54) is 13.0 Å². The Morgan fingerprint density at radius 3 is 2.63 bits per heavy atom. The molecule has 0 aromatic heterocycles. The van der Waals surface area contributed by atoms with Gasteiger partial charge in [-0.1, -0.05) is 23.8 Å². The summed E-state index contributed by atoms with van der Waals surface area (Å²) in [5, 5.41) is 2.84. The number of likely N-dealkylation sites (tertiary alicyclic amines) is 1. The minimum atomic E-state index is -0.267. The van der Waals surface area contributed by atoms with Crippen LogP contribution < -0.4 is 5.32 Å². The number of nitrogens with zero attached hydrogens (tertiary/aromatic N) is 1. The molecule has 1 aliphatic heterocycles. The van der Waals surface area contributed by atoms with Crippen molar-refractivity contribution in [1.29, 1.82) is 0 Å². The van der Waals surface area contributed by atoms with Crippen LogP contribution in [-0.4, -0.2) is 36.3 Å². The fraction of sp³-hybridized carbons (Fsp3) is 0.364. The standard InChI is InChI=1S/C22H25FN2O2/c1-15-5-10-21(23)20(12-15)18-6-8-19(9-7-18)22(27)25-11-3-4-17(14-25)13-24-16(2)26/h5-10,12,17H,3-4,11,13-14H2,1-2H3,(H,24,26). The van der Waals surface area contributed by atoms with E-state index in [2.05, 4.69) is 5.32 Å². The summed E-state index contributed by atoms with van der Waals surface area (Å²) < 4.78 is 14.1. The molecule has 1 saturated heterocycles. The van der Waals surface area contributed by atoms with Gasteiger partial charge in [-0.3, -0.25) is 9.59 Å². The van der Waals surface area contributed by atoms with Gasteiger partial charge in [-0.05, 0) is 55.5 Å². The van der Waals surface area contributed by atoms with E-state index in [1.807, 2.05) is 17.9 Å². The van der Waals surface area contributed by atoms with Gasteiger partial charge in [-0.15, -0.1) is 0 Å². The third kappa shape index (κ3) is 4.73. The summed E-state index contributed by atoms with van der Waals surface area (Å²) in [7, 11) is 0. The molecule has 1 unspecified atom stereocenters. The van der Waals surface area contributed by atoms with E-state index < -0.39 is 0 Å². The van der Waals surface area contributed by atoms with Gasteiger partial charge >= 0.3 is 0 Å². The summed E-state index contributed by atoms with van der Waals surface area (Å²) in [5.74, 6) is -0.0417. The summed E-state index contributed by atoms with van der Waals surface area (Å²) in [5.41, 5.74) is 2.90. The molecular formula is C22H25FN2O2. The fourth-order valence-electron chi connectivity index (χ4n) is 3.54. The largest absolute Gasteiger partial charge is 0.356 e. The minimum Gasteiger partial charge on any atom is -0.356 e. The Balaban J connectivity index is 1.70. The van der Waals surface area contributed by atoms with Crippen LogP contribution in [0.15, 0.2) is 42.5 Å². The third-order valence-corrected chi connectivity index (χ3v) is 5.01. The highest BCUT2D eigenvalue weighted by Crippen LogP contribution is 2.25. The van der Waals surface area contributed by atoms with Gasteiger partial charge in [0.05, 0.1) is 0 Å². The predicted octanol–water partition coefficient (Wildman–Crippen LogP) is 3.79. The first-order valence-electron chi connectivity index (χ1n) is 9.34. The molecule has 0 spiro atoms. The molecule has 1 fully saturated rings. The monoisotopic (exact) mass is 368 g/mol. The van der Waals surface area contributed by atoms with E-state index in [-0.39, 0.29) is 23.5 Å². The summed E-state index contributed by atoms with van der Waals surface area (Å²) in [6.45, 7) is 5.40. The number of hydrogen-bond donors (Lipinski definition) is 1. The Bertz CT molecular complexity index is 833. The number of piperidine rings is 1. The molecule has 1 aliphatic rings. The molecule has 1 N–H and O–H groups in total. The maximum Gasteiger partial charge on any atom is 0.253 e. The Morgan fingerprint density at radius 1 is 1.19 bits per heavy atom. The summed E-state index contributed by atoms with van der Waals surface area (Å²) in [6, 6.07) is 12.1. The second-order valence-corrected chi connectivity index (χ2v) is 7.26. The SMILES string of the molecule is CC(=O)NCC1CCCN(C(=O)c2ccc(-c3cc(C)ccc3F)cc2)C1. The first kappa shape index (κ1) is 19.1. The zero-order chi connectivity index (χ0) is 19.4. The average Bonchev–Trinajstić information content (AvgIpc) is 2.68. The van der Waals surface area contributed by atoms with Crippen LogP contribution in [0.25, 0.3) is 11.1 Å². The van der Waals surface area contributed by atoms with Crippen molar-refractivity contribution in [2.24, 2.45) is 5.92 Å². The first-order chi connectivity index (χ1) is 12.9. The highest BCUT2D eigenvalue weighted by molar-refractivity contribution is 5.94. The number of amides is 2. The van der Waals surface area contributed by atoms with Gasteiger partial charge in [0.2, 0.25) is 5.91 Å². The lowest BCUT2D eigenvalue weighted by atomic mass is 9.96. The molecular weight excluding hydrogens is 343 g/mol. The molecule has 1 heterocycles. The predicted molar refractivity (Wildman–Crippen MR) is 104 cm³/mol. The Kier molecular flexibility index (Phi) is 5.89. The van der Waals surface area contributed by atoms with Gasteiger partial charge in [0.1, 0.15) is 5.82 Å². The van der Waals surface area contributed by atoms with E-state index >= 15 is 0 Å². The number of rotatable bonds is 4. The molecule has 2 aromatic rings. The molecule has 3 rings (SSSR count). The molecule has 4 nitrogen and oxygen atoms in total. The highest BCUT2D eigenvalue weighted by Gasteiger charge is 2.24. The lowest BCUT2D eigenvalue weighted by molar-refractivity contribution is -0.119. The van der Waals surface area contributed by atoms with Crippen molar-refractivity contribution in [2.45, 2.75) is 26.7 Å². The van der Waals surface area contributed by atoms with E-state index in [4.69, 9.17) is 0 Å². The molecule has 142 valence electrons. The number of carbonyl (C=O) groups excluding carboxylic acids is 2. The Labute approximate surface area is 159 Å². The van der Waals surface area contributed by atoms with Gasteiger partial charge in [0, 0.05) is 37.7 Å². The maximum atomic E-state index is 14.1. The van der Waals surface area contributed by atoms with Gasteiger partial charge in [0.15, 0.2) is 0 Å². The first-order valence-corrected chi connectivity index (χ1v) is 9.34. The number of nitrogens with one attached hydrogen (secondary N) is 1. The van der Waals surface area contributed by atoms with Crippen molar-refractivity contribution in [2.75, 3.05) is 19.6 Å². The van der Waals surface area contributed by atoms with Crippen molar-refractivity contribution in [3.63, 3.8) is 0 Å². The van der Waals surface area contributed by atoms with E-state index in [9.17, 15) is 14.0 Å². The summed E-state index contributed by atoms with van der Waals surface area (Å²) >= 11 is 0. The van der Waals surface area contributed by atoms with Crippen LogP contribution in [0.1, 0.15) is 35.7 Å². The van der Waals surface area contributed by atoms with Crippen molar-refractivity contribution in [3.8, 4) is 11.1 Å². The Morgan fingerprint density at radius 2 is 1.93 bits per heavy atom. The molecule has 0 aliphatic carbocycles. The van der Waals surface area contributed by atoms with Crippen LogP contribution in [0.4, 0.5) is 4.39 Å². The van der Waals surface area contributed by atoms with Crippen LogP contribution in [0.2, 0.25) is 0 Å². The maximum absolute atomic E-state index is 14.1. The lowest BCUT2D eigenvalue weighted by Crippen LogP contribution is -2.43. The van der Waals surface area contributed by atoms with Gasteiger partial charge in [0.25, 0.3) is 5.91 Å². The van der Waals surface area contributed by atoms with Crippen molar-refractivity contribution >= 4 is 11.8 Å². The zero-order valence-electron chi connectivity index (χ0n) is 15.8. The van der Waals surface area contributed by atoms with Crippen LogP contribution in [0.5, 0.6) is 0 Å². The fourth-order valence-corrected chi connectivity index (χ4v) is 3.54. The lowest BCUT2D eigenvalue weighted by Gasteiger charge is -2.33. The topological polar surface area (TPSA) is 49.4 Å². The normalized spacial score (nSPS) is 16.9. The molecule has 2 amide bonds. The van der Waals surface area contributed by atoms with Gasteiger partial charge < -0.3 is 10.2 Å². The summed E-state index contributed by atoms with van der Waals surface area (Å²) in [6.07, 6.45) is 1.94. The molecule has 0 bridgehead atoms. The molecule has 2 aromatic carbocycles. The Hall–Kier alpha value is -2.69. The van der Waals surface area contributed by atoms with Crippen molar-refractivity contribution < 1.29 is 14.0 Å². The second kappa shape index (κ2) is 8.33. The average molecular weight is 368 g/mol. The van der Waals surface area contributed by atoms with Crippen molar-refractivity contribution in [1.82, 2.24) is 10.2 Å². The number of carbonyl (C=O) groups is 2. The van der Waals surface area contributed by atoms with Crippen LogP contribution in [-0.2, 0) is 4.79 Å². The molecule has 1 atom stereocenters. The van der Waals surface area contributed by atoms with Crippen LogP contribution >= 0.6 is 0 Å².